The van der Waals surface area contributed by atoms with Gasteiger partial charge < -0.3 is 19.4 Å². The fourth-order valence-corrected chi connectivity index (χ4v) is 7.69. The van der Waals surface area contributed by atoms with Gasteiger partial charge in [0.15, 0.2) is 6.61 Å². The third-order valence-electron chi connectivity index (χ3n) is 7.11. The number of H-pyrrole nitrogens is 1. The van der Waals surface area contributed by atoms with Gasteiger partial charge in [-0.15, -0.1) is 0 Å². The molecule has 4 heterocycles. The van der Waals surface area contributed by atoms with Gasteiger partial charge in [0.05, 0.1) is 34.8 Å². The van der Waals surface area contributed by atoms with E-state index in [4.69, 9.17) is 9.47 Å². The number of nitrogens with zero attached hydrogens (tertiary/aromatic N) is 3. The standard InChI is InChI=1S/C26H22N4O8S2/c31-18(28-9-11-37-12-10-28)13-38-17-7-1-14(2-8-17)19-20-22(39-23-21(19)40-26(34)27-23)25(33)29(24(20)32)15-3-5-16(6-4-15)30(35)36/h1-8,19-20,22H,9-13H2,(H,27,34)/t19-,20?,22?/m1/s1. The zero-order valence-electron chi connectivity index (χ0n) is 20.8. The molecule has 0 aliphatic carbocycles. The Morgan fingerprint density at radius 3 is 2.42 bits per heavy atom. The maximum Gasteiger partial charge on any atom is 0.305 e. The topological polar surface area (TPSA) is 152 Å². The number of morpholine rings is 1. The van der Waals surface area contributed by atoms with Crippen LogP contribution in [-0.4, -0.2) is 70.7 Å². The number of non-ortho nitro benzene ring substituents is 1. The van der Waals surface area contributed by atoms with Gasteiger partial charge in [-0.1, -0.05) is 35.2 Å². The number of carbonyl (C=O) groups is 3. The zero-order valence-corrected chi connectivity index (χ0v) is 22.4. The van der Waals surface area contributed by atoms with Crippen LogP contribution in [0.15, 0.2) is 58.4 Å². The van der Waals surface area contributed by atoms with Crippen LogP contribution in [0.2, 0.25) is 0 Å². The smallest absolute Gasteiger partial charge is 0.305 e. The van der Waals surface area contributed by atoms with E-state index in [0.717, 1.165) is 28.0 Å². The molecule has 3 aromatic rings. The van der Waals surface area contributed by atoms with Gasteiger partial charge in [-0.05, 0) is 29.8 Å². The van der Waals surface area contributed by atoms with Crippen LogP contribution in [0.5, 0.6) is 5.75 Å². The van der Waals surface area contributed by atoms with E-state index in [1.165, 1.54) is 24.3 Å². The SMILES string of the molecule is O=C(COc1ccc([C@H]2c3sc(=O)[nH]c3SC3C(=O)N(c4ccc([N+](=O)[O-])cc4)C(=O)C32)cc1)N1CCOCC1. The van der Waals surface area contributed by atoms with Gasteiger partial charge in [0.1, 0.15) is 11.0 Å². The molecular formula is C26H22N4O8S2. The lowest BCUT2D eigenvalue weighted by molar-refractivity contribution is -0.384. The van der Waals surface area contributed by atoms with E-state index in [-0.39, 0.29) is 28.8 Å². The number of ether oxygens (including phenoxy) is 2. The number of nitrogens with one attached hydrogen (secondary N) is 1. The van der Waals surface area contributed by atoms with Gasteiger partial charge in [0.25, 0.3) is 11.6 Å². The number of fused-ring (bicyclic) bond motifs is 2. The first kappa shape index (κ1) is 26.2. The third-order valence-corrected chi connectivity index (χ3v) is 9.51. The molecule has 0 saturated carbocycles. The van der Waals surface area contributed by atoms with Crippen molar-refractivity contribution < 1.29 is 28.8 Å². The van der Waals surface area contributed by atoms with Crippen LogP contribution in [0.4, 0.5) is 11.4 Å². The minimum atomic E-state index is -0.790. The van der Waals surface area contributed by atoms with Crippen LogP contribution in [0.1, 0.15) is 16.4 Å². The average molecular weight is 583 g/mol. The first-order valence-electron chi connectivity index (χ1n) is 12.4. The molecule has 3 aliphatic rings. The second-order valence-electron chi connectivity index (χ2n) is 9.39. The number of thiazole rings is 1. The Morgan fingerprint density at radius 1 is 1.05 bits per heavy atom. The molecule has 3 amide bonds. The van der Waals surface area contributed by atoms with Crippen LogP contribution in [0, 0.1) is 16.0 Å². The van der Waals surface area contributed by atoms with E-state index in [1.807, 2.05) is 0 Å². The average Bonchev–Trinajstić information content (AvgIpc) is 3.46. The normalized spacial score (nSPS) is 22.1. The minimum absolute atomic E-state index is 0.120. The highest BCUT2D eigenvalue weighted by molar-refractivity contribution is 8.00. The van der Waals surface area contributed by atoms with Gasteiger partial charge in [0.2, 0.25) is 11.8 Å². The number of thioether (sulfide) groups is 1. The predicted molar refractivity (Wildman–Crippen MR) is 145 cm³/mol. The van der Waals surface area contributed by atoms with Crippen molar-refractivity contribution in [2.45, 2.75) is 16.2 Å². The summed E-state index contributed by atoms with van der Waals surface area (Å²) in [6.45, 7) is 1.92. The van der Waals surface area contributed by atoms with E-state index in [2.05, 4.69) is 4.98 Å². The van der Waals surface area contributed by atoms with Gasteiger partial charge >= 0.3 is 4.87 Å². The first-order chi connectivity index (χ1) is 19.3. The van der Waals surface area contributed by atoms with Crippen molar-refractivity contribution in [3.63, 3.8) is 0 Å². The molecule has 0 bridgehead atoms. The summed E-state index contributed by atoms with van der Waals surface area (Å²) < 4.78 is 11.0. The second-order valence-corrected chi connectivity index (χ2v) is 11.6. The Morgan fingerprint density at radius 2 is 1.75 bits per heavy atom. The number of hydrogen-bond acceptors (Lipinski definition) is 10. The van der Waals surface area contributed by atoms with E-state index >= 15 is 0 Å². The lowest BCUT2D eigenvalue weighted by Gasteiger charge is -2.30. The predicted octanol–water partition coefficient (Wildman–Crippen LogP) is 2.38. The first-order valence-corrected chi connectivity index (χ1v) is 14.1. The van der Waals surface area contributed by atoms with Gasteiger partial charge in [-0.25, -0.2) is 4.90 Å². The highest BCUT2D eigenvalue weighted by atomic mass is 32.2. The van der Waals surface area contributed by atoms with Crippen molar-refractivity contribution in [3.05, 3.63) is 78.8 Å². The number of benzene rings is 2. The second kappa shape index (κ2) is 10.5. The Kier molecular flexibility index (Phi) is 6.90. The van der Waals surface area contributed by atoms with Crippen LogP contribution in [-0.2, 0) is 19.1 Å². The summed E-state index contributed by atoms with van der Waals surface area (Å²) in [7, 11) is 0. The summed E-state index contributed by atoms with van der Waals surface area (Å²) in [5, 5.41) is 10.8. The number of rotatable bonds is 6. The quantitative estimate of drug-likeness (QED) is 0.262. The minimum Gasteiger partial charge on any atom is -0.484 e. The molecule has 2 fully saturated rings. The van der Waals surface area contributed by atoms with E-state index in [0.29, 0.717) is 47.5 Å². The van der Waals surface area contributed by atoms with E-state index in [1.54, 1.807) is 29.2 Å². The van der Waals surface area contributed by atoms with E-state index < -0.39 is 33.8 Å². The van der Waals surface area contributed by atoms with Crippen LogP contribution in [0.3, 0.4) is 0 Å². The summed E-state index contributed by atoms with van der Waals surface area (Å²) in [5.41, 5.74) is 0.812. The van der Waals surface area contributed by atoms with Crippen molar-refractivity contribution in [1.29, 1.82) is 0 Å². The Bertz CT molecular complexity index is 1550. The molecule has 206 valence electrons. The number of aromatic nitrogens is 1. The summed E-state index contributed by atoms with van der Waals surface area (Å²) >= 11 is 2.15. The molecule has 3 aliphatic heterocycles. The number of aromatic amines is 1. The molecule has 1 aromatic heterocycles. The lowest BCUT2D eigenvalue weighted by Crippen LogP contribution is -2.42. The molecule has 2 aromatic carbocycles. The van der Waals surface area contributed by atoms with Gasteiger partial charge in [0, 0.05) is 36.0 Å². The Hall–Kier alpha value is -4.01. The molecule has 40 heavy (non-hydrogen) atoms. The lowest BCUT2D eigenvalue weighted by atomic mass is 9.83. The number of anilines is 1. The molecular weight excluding hydrogens is 560 g/mol. The number of carbonyl (C=O) groups excluding carboxylic acids is 3. The molecule has 1 N–H and O–H groups in total. The molecule has 12 nitrogen and oxygen atoms in total. The third kappa shape index (κ3) is 4.67. The molecule has 2 saturated heterocycles. The summed E-state index contributed by atoms with van der Waals surface area (Å²) in [5.74, 6) is -1.92. The monoisotopic (exact) mass is 582 g/mol. The molecule has 0 radical (unpaired) electrons. The van der Waals surface area contributed by atoms with Crippen LogP contribution in [0.25, 0.3) is 0 Å². The van der Waals surface area contributed by atoms with Gasteiger partial charge in [-0.2, -0.15) is 0 Å². The molecule has 2 unspecified atom stereocenters. The fourth-order valence-electron chi connectivity index (χ4n) is 5.17. The van der Waals surface area contributed by atoms with Gasteiger partial charge in [-0.3, -0.25) is 29.3 Å². The summed E-state index contributed by atoms with van der Waals surface area (Å²) in [6, 6.07) is 12.2. The molecule has 14 heteroatoms. The summed E-state index contributed by atoms with van der Waals surface area (Å²) in [6.07, 6.45) is 0. The van der Waals surface area contributed by atoms with Crippen molar-refractivity contribution in [1.82, 2.24) is 9.88 Å². The van der Waals surface area contributed by atoms with E-state index in [9.17, 15) is 29.3 Å². The molecule has 6 rings (SSSR count). The maximum absolute atomic E-state index is 13.8. The van der Waals surface area contributed by atoms with Crippen molar-refractivity contribution >= 4 is 52.2 Å². The zero-order chi connectivity index (χ0) is 28.0. The fraction of sp³-hybridized carbons (Fsp3) is 0.308. The number of amides is 3. The molecule has 3 atom stereocenters. The molecule has 0 spiro atoms. The highest BCUT2D eigenvalue weighted by Gasteiger charge is 2.56. The van der Waals surface area contributed by atoms with Crippen molar-refractivity contribution in [2.24, 2.45) is 5.92 Å². The highest BCUT2D eigenvalue weighted by Crippen LogP contribution is 2.53. The largest absolute Gasteiger partial charge is 0.484 e. The number of nitro groups is 1. The summed E-state index contributed by atoms with van der Waals surface area (Å²) in [4.78, 5) is 68.4. The van der Waals surface area contributed by atoms with Crippen molar-refractivity contribution in [3.8, 4) is 5.75 Å². The maximum atomic E-state index is 13.8. The van der Waals surface area contributed by atoms with Crippen LogP contribution < -0.4 is 14.5 Å². The Labute approximate surface area is 235 Å². The van der Waals surface area contributed by atoms with Crippen LogP contribution >= 0.6 is 23.1 Å². The number of hydrogen-bond donors (Lipinski definition) is 1. The van der Waals surface area contributed by atoms with Crippen molar-refractivity contribution in [2.75, 3.05) is 37.8 Å². The number of nitro benzene ring substituents is 1. The Balaban J connectivity index is 1.27. The number of imide groups is 1.